The predicted molar refractivity (Wildman–Crippen MR) is 49.0 cm³/mol. The van der Waals surface area contributed by atoms with E-state index in [1.54, 1.807) is 0 Å². The van der Waals surface area contributed by atoms with Crippen LogP contribution in [-0.4, -0.2) is 13.6 Å². The lowest BCUT2D eigenvalue weighted by Crippen LogP contribution is -2.21. The molecule has 0 aliphatic heterocycles. The van der Waals surface area contributed by atoms with Crippen molar-refractivity contribution in [2.24, 2.45) is 0 Å². The fourth-order valence-corrected chi connectivity index (χ4v) is 1.94. The predicted octanol–water partition coefficient (Wildman–Crippen LogP) is 1.29. The van der Waals surface area contributed by atoms with Crippen molar-refractivity contribution < 1.29 is 18.0 Å². The fourth-order valence-electron chi connectivity index (χ4n) is 0.893. The quantitative estimate of drug-likeness (QED) is 0.781. The molecule has 0 aliphatic carbocycles. The highest BCUT2D eigenvalue weighted by molar-refractivity contribution is 7.88. The van der Waals surface area contributed by atoms with Crippen LogP contribution >= 0.6 is 11.6 Å². The Labute approximate surface area is 85.3 Å². The van der Waals surface area contributed by atoms with Crippen molar-refractivity contribution in [1.29, 1.82) is 0 Å². The Bertz CT molecular complexity index is 414. The lowest BCUT2D eigenvalue weighted by Gasteiger charge is -2.04. The standard InChI is InChI=1S/C7H7ClFNO3S/c8-6-2-1-3-7(9)5(6)4-14(12,13)10-11/h1-3,10-11H,4H2. The number of nitrogens with one attached hydrogen (secondary N) is 1. The summed E-state index contributed by atoms with van der Waals surface area (Å²) in [6, 6.07) is 3.82. The molecule has 0 fully saturated rings. The minimum absolute atomic E-state index is 0.00354. The number of rotatable bonds is 3. The van der Waals surface area contributed by atoms with Gasteiger partial charge in [0, 0.05) is 10.6 Å². The van der Waals surface area contributed by atoms with Gasteiger partial charge in [-0.15, -0.1) is 0 Å². The molecule has 0 heterocycles. The van der Waals surface area contributed by atoms with Crippen LogP contribution in [0.4, 0.5) is 4.39 Å². The summed E-state index contributed by atoms with van der Waals surface area (Å²) < 4.78 is 34.8. The smallest absolute Gasteiger partial charge is 0.237 e. The van der Waals surface area contributed by atoms with E-state index in [1.165, 1.54) is 12.1 Å². The Balaban J connectivity index is 3.09. The molecule has 2 N–H and O–H groups in total. The van der Waals surface area contributed by atoms with Gasteiger partial charge in [0.15, 0.2) is 0 Å². The number of hydrogen-bond donors (Lipinski definition) is 2. The first-order valence-electron chi connectivity index (χ1n) is 3.53. The van der Waals surface area contributed by atoms with Crippen LogP contribution in [0, 0.1) is 5.82 Å². The Hall–Kier alpha value is -0.690. The highest BCUT2D eigenvalue weighted by atomic mass is 35.5. The molecule has 1 aromatic carbocycles. The first-order chi connectivity index (χ1) is 6.46. The monoisotopic (exact) mass is 239 g/mol. The van der Waals surface area contributed by atoms with E-state index in [0.29, 0.717) is 0 Å². The van der Waals surface area contributed by atoms with Crippen LogP contribution in [0.2, 0.25) is 5.02 Å². The third-order valence-electron chi connectivity index (χ3n) is 1.54. The molecule has 0 saturated heterocycles. The summed E-state index contributed by atoms with van der Waals surface area (Å²) in [6.45, 7) is 0. The Morgan fingerprint density at radius 1 is 1.50 bits per heavy atom. The van der Waals surface area contributed by atoms with Crippen molar-refractivity contribution in [2.75, 3.05) is 0 Å². The van der Waals surface area contributed by atoms with Gasteiger partial charge in [0.2, 0.25) is 10.0 Å². The summed E-state index contributed by atoms with van der Waals surface area (Å²) in [6.07, 6.45) is 0. The molecule has 0 aliphatic rings. The van der Waals surface area contributed by atoms with E-state index in [4.69, 9.17) is 16.8 Å². The average Bonchev–Trinajstić information content (AvgIpc) is 2.12. The van der Waals surface area contributed by atoms with Gasteiger partial charge < -0.3 is 5.21 Å². The lowest BCUT2D eigenvalue weighted by atomic mass is 10.2. The number of halogens is 2. The van der Waals surface area contributed by atoms with E-state index < -0.39 is 21.6 Å². The topological polar surface area (TPSA) is 66.4 Å². The molecular weight excluding hydrogens is 233 g/mol. The van der Waals surface area contributed by atoms with Crippen LogP contribution in [0.1, 0.15) is 5.56 Å². The molecular formula is C7H7ClFNO3S. The van der Waals surface area contributed by atoms with Gasteiger partial charge in [-0.2, -0.15) is 0 Å². The molecule has 14 heavy (non-hydrogen) atoms. The molecule has 0 amide bonds. The van der Waals surface area contributed by atoms with Gasteiger partial charge in [0.05, 0.1) is 5.75 Å². The first kappa shape index (κ1) is 11.4. The van der Waals surface area contributed by atoms with Crippen LogP contribution < -0.4 is 4.89 Å². The fraction of sp³-hybridized carbons (Fsp3) is 0.143. The Morgan fingerprint density at radius 2 is 2.14 bits per heavy atom. The summed E-state index contributed by atoms with van der Waals surface area (Å²) >= 11 is 5.58. The maximum atomic E-state index is 13.1. The van der Waals surface area contributed by atoms with Gasteiger partial charge in [0.25, 0.3) is 0 Å². The van der Waals surface area contributed by atoms with Crippen LogP contribution in [0.5, 0.6) is 0 Å². The molecule has 1 aromatic rings. The van der Waals surface area contributed by atoms with E-state index in [0.717, 1.165) is 11.0 Å². The number of benzene rings is 1. The summed E-state index contributed by atoms with van der Waals surface area (Å²) in [4.78, 5) is 1.09. The third kappa shape index (κ3) is 2.65. The van der Waals surface area contributed by atoms with E-state index in [9.17, 15) is 12.8 Å². The van der Waals surface area contributed by atoms with Crippen molar-refractivity contribution >= 4 is 21.6 Å². The van der Waals surface area contributed by atoms with Crippen molar-refractivity contribution in [3.63, 3.8) is 0 Å². The first-order valence-corrected chi connectivity index (χ1v) is 5.56. The summed E-state index contributed by atoms with van der Waals surface area (Å²) in [5.74, 6) is -1.43. The molecule has 4 nitrogen and oxygen atoms in total. The molecule has 78 valence electrons. The van der Waals surface area contributed by atoms with Crippen LogP contribution in [-0.2, 0) is 15.8 Å². The van der Waals surface area contributed by atoms with Gasteiger partial charge in [-0.05, 0) is 12.1 Å². The number of sulfonamides is 1. The SMILES string of the molecule is O=S(=O)(Cc1c(F)cccc1Cl)NO. The molecule has 1 rings (SSSR count). The van der Waals surface area contributed by atoms with Crippen molar-refractivity contribution in [3.05, 3.63) is 34.6 Å². The third-order valence-corrected chi connectivity index (χ3v) is 2.84. The molecule has 7 heteroatoms. The molecule has 0 radical (unpaired) electrons. The molecule has 0 saturated carbocycles. The van der Waals surface area contributed by atoms with E-state index in [-0.39, 0.29) is 10.6 Å². The van der Waals surface area contributed by atoms with Crippen LogP contribution in [0.15, 0.2) is 18.2 Å². The molecule has 0 unspecified atom stereocenters. The molecule has 0 atom stereocenters. The zero-order valence-corrected chi connectivity index (χ0v) is 8.44. The zero-order chi connectivity index (χ0) is 10.8. The zero-order valence-electron chi connectivity index (χ0n) is 6.87. The van der Waals surface area contributed by atoms with Crippen molar-refractivity contribution in [2.45, 2.75) is 5.75 Å². The van der Waals surface area contributed by atoms with Crippen molar-refractivity contribution in [3.8, 4) is 0 Å². The maximum Gasteiger partial charge on any atom is 0.237 e. The molecule has 0 spiro atoms. The van der Waals surface area contributed by atoms with Gasteiger partial charge >= 0.3 is 0 Å². The second-order valence-electron chi connectivity index (χ2n) is 2.55. The number of hydrogen-bond acceptors (Lipinski definition) is 3. The summed E-state index contributed by atoms with van der Waals surface area (Å²) in [5.41, 5.74) is -0.171. The van der Waals surface area contributed by atoms with E-state index >= 15 is 0 Å². The minimum atomic E-state index is -3.94. The average molecular weight is 240 g/mol. The van der Waals surface area contributed by atoms with Gasteiger partial charge in [0.1, 0.15) is 5.82 Å². The van der Waals surface area contributed by atoms with E-state index in [1.807, 2.05) is 0 Å². The van der Waals surface area contributed by atoms with Crippen molar-refractivity contribution in [1.82, 2.24) is 4.89 Å². The largest absolute Gasteiger partial charge is 0.302 e. The van der Waals surface area contributed by atoms with Crippen LogP contribution in [0.25, 0.3) is 0 Å². The van der Waals surface area contributed by atoms with Gasteiger partial charge in [-0.25, -0.2) is 12.8 Å². The van der Waals surface area contributed by atoms with Gasteiger partial charge in [-0.1, -0.05) is 22.6 Å². The minimum Gasteiger partial charge on any atom is -0.302 e. The van der Waals surface area contributed by atoms with Gasteiger partial charge in [-0.3, -0.25) is 0 Å². The Kier molecular flexibility index (Phi) is 3.43. The second-order valence-corrected chi connectivity index (χ2v) is 4.66. The highest BCUT2D eigenvalue weighted by Crippen LogP contribution is 2.20. The second kappa shape index (κ2) is 4.22. The summed E-state index contributed by atoms with van der Waals surface area (Å²) in [5, 5.41) is 8.24. The highest BCUT2D eigenvalue weighted by Gasteiger charge is 2.15. The lowest BCUT2D eigenvalue weighted by molar-refractivity contribution is 0.242. The molecule has 0 aromatic heterocycles. The maximum absolute atomic E-state index is 13.1. The van der Waals surface area contributed by atoms with Crippen LogP contribution in [0.3, 0.4) is 0 Å². The normalized spacial score (nSPS) is 11.6. The Morgan fingerprint density at radius 3 is 2.64 bits per heavy atom. The summed E-state index contributed by atoms with van der Waals surface area (Å²) in [7, 11) is -3.94. The van der Waals surface area contributed by atoms with E-state index in [2.05, 4.69) is 0 Å². The molecule has 0 bridgehead atoms.